The van der Waals surface area contributed by atoms with Crippen LogP contribution in [0.3, 0.4) is 0 Å². The van der Waals surface area contributed by atoms with Crippen LogP contribution in [0.15, 0.2) is 0 Å². The summed E-state index contributed by atoms with van der Waals surface area (Å²) >= 11 is 0. The second-order valence-corrected chi connectivity index (χ2v) is 7.20. The summed E-state index contributed by atoms with van der Waals surface area (Å²) in [7, 11) is 0. The Labute approximate surface area is 156 Å². The molecule has 0 aliphatic carbocycles. The molecule has 2 aliphatic rings. The van der Waals surface area contributed by atoms with E-state index in [-0.39, 0.29) is 38.5 Å². The number of esters is 1. The Hall–Kier alpha value is -0.665. The molecule has 1 N–H and O–H groups in total. The quantitative estimate of drug-likeness (QED) is 0.302. The normalized spacial score (nSPS) is 28.1. The van der Waals surface area contributed by atoms with E-state index >= 15 is 0 Å². The van der Waals surface area contributed by atoms with Crippen LogP contribution in [0.25, 0.3) is 0 Å². The zero-order chi connectivity index (χ0) is 18.7. The Morgan fingerprint density at radius 3 is 2.15 bits per heavy atom. The second kappa shape index (κ2) is 11.9. The number of hydrogen-bond acceptors (Lipinski definition) is 7. The van der Waals surface area contributed by atoms with Crippen molar-refractivity contribution in [1.29, 1.82) is 0 Å². The molecule has 0 radical (unpaired) electrons. The molecule has 0 aromatic rings. The molecule has 7 nitrogen and oxygen atoms in total. The molecule has 1 spiro atoms. The van der Waals surface area contributed by atoms with Crippen LogP contribution in [0, 0.1) is 0 Å². The van der Waals surface area contributed by atoms with Gasteiger partial charge >= 0.3 is 12.9 Å². The molecule has 152 valence electrons. The highest BCUT2D eigenvalue weighted by Gasteiger charge is 2.46. The summed E-state index contributed by atoms with van der Waals surface area (Å²) in [5.41, 5.74) is 0. The highest BCUT2D eigenvalue weighted by atomic mass is 16.9. The van der Waals surface area contributed by atoms with Gasteiger partial charge in [-0.05, 0) is 6.42 Å². The summed E-state index contributed by atoms with van der Waals surface area (Å²) in [4.78, 5) is 11.8. The summed E-state index contributed by atoms with van der Waals surface area (Å²) < 4.78 is 27.1. The molecule has 8 heteroatoms. The highest BCUT2D eigenvalue weighted by molar-refractivity contribution is 6.54. The standard InChI is InChI=1S/C18H34BO7/c1-2-3-4-5-6-7-8-9-10-11-18(21)22-13-17-15-24-19(26-17)23-14-16(12-20)25-19/h16-17,20H,2-15H2,1H3/q-1. The molecule has 0 saturated carbocycles. The van der Waals surface area contributed by atoms with Crippen LogP contribution >= 0.6 is 0 Å². The Morgan fingerprint density at radius 2 is 1.54 bits per heavy atom. The van der Waals surface area contributed by atoms with Crippen LogP contribution in [0.2, 0.25) is 0 Å². The molecule has 3 unspecified atom stereocenters. The largest absolute Gasteiger partial charge is 0.532 e. The first kappa shape index (κ1) is 21.6. The van der Waals surface area contributed by atoms with E-state index in [1.807, 2.05) is 0 Å². The van der Waals surface area contributed by atoms with Crippen LogP contribution in [0.4, 0.5) is 0 Å². The SMILES string of the molecule is CCCCCCCCCCCC(=O)OCC1CO[B-]2(OCC(CO)O2)O1. The Bertz CT molecular complexity index is 409. The average molecular weight is 373 g/mol. The van der Waals surface area contributed by atoms with Gasteiger partial charge < -0.3 is 28.5 Å². The van der Waals surface area contributed by atoms with Crippen LogP contribution in [0.5, 0.6) is 0 Å². The van der Waals surface area contributed by atoms with Crippen molar-refractivity contribution in [3.8, 4) is 0 Å². The van der Waals surface area contributed by atoms with E-state index in [1.54, 1.807) is 0 Å². The molecule has 2 aliphatic heterocycles. The molecule has 0 amide bonds. The predicted molar refractivity (Wildman–Crippen MR) is 97.3 cm³/mol. The minimum Gasteiger partial charge on any atom is -0.517 e. The van der Waals surface area contributed by atoms with Crippen LogP contribution in [-0.4, -0.2) is 56.7 Å². The van der Waals surface area contributed by atoms with Gasteiger partial charge in [0.05, 0.1) is 18.8 Å². The van der Waals surface area contributed by atoms with Gasteiger partial charge in [-0.25, -0.2) is 0 Å². The number of aliphatic hydroxyl groups excluding tert-OH is 1. The Kier molecular flexibility index (Phi) is 9.92. The van der Waals surface area contributed by atoms with Crippen molar-refractivity contribution in [2.75, 3.05) is 26.4 Å². The van der Waals surface area contributed by atoms with Gasteiger partial charge in [-0.3, -0.25) is 4.79 Å². The number of rotatable bonds is 13. The van der Waals surface area contributed by atoms with Crippen molar-refractivity contribution < 1.29 is 33.3 Å². The zero-order valence-electron chi connectivity index (χ0n) is 16.0. The summed E-state index contributed by atoms with van der Waals surface area (Å²) in [6.45, 7) is 0.472. The van der Waals surface area contributed by atoms with E-state index in [0.717, 1.165) is 12.8 Å². The Balaban J connectivity index is 1.45. The van der Waals surface area contributed by atoms with E-state index in [0.29, 0.717) is 6.42 Å². The van der Waals surface area contributed by atoms with Gasteiger partial charge in [-0.2, -0.15) is 0 Å². The number of hydrogen-bond donors (Lipinski definition) is 1. The maximum Gasteiger partial charge on any atom is 0.532 e. The average Bonchev–Trinajstić information content (AvgIpc) is 3.25. The molecule has 2 fully saturated rings. The number of unbranched alkanes of at least 4 members (excludes halogenated alkanes) is 8. The molecule has 2 heterocycles. The third-order valence-corrected chi connectivity index (χ3v) is 4.81. The van der Waals surface area contributed by atoms with Crippen molar-refractivity contribution >= 4 is 12.9 Å². The van der Waals surface area contributed by atoms with Gasteiger partial charge in [0.1, 0.15) is 6.61 Å². The molecule has 2 rings (SSSR count). The molecular weight excluding hydrogens is 339 g/mol. The number of carbonyl (C=O) groups is 1. The van der Waals surface area contributed by atoms with Crippen molar-refractivity contribution in [2.45, 2.75) is 83.3 Å². The van der Waals surface area contributed by atoms with E-state index in [2.05, 4.69) is 6.92 Å². The first-order valence-electron chi connectivity index (χ1n) is 10.2. The fraction of sp³-hybridized carbons (Fsp3) is 0.944. The maximum absolute atomic E-state index is 11.8. The van der Waals surface area contributed by atoms with Crippen molar-refractivity contribution in [2.24, 2.45) is 0 Å². The summed E-state index contributed by atoms with van der Waals surface area (Å²) in [5, 5.41) is 9.06. The molecular formula is C18H34BO7-. The molecule has 0 aromatic carbocycles. The molecule has 0 aromatic heterocycles. The Morgan fingerprint density at radius 1 is 0.962 bits per heavy atom. The lowest BCUT2D eigenvalue weighted by atomic mass is 10.1. The van der Waals surface area contributed by atoms with Crippen LogP contribution in [0.1, 0.15) is 71.1 Å². The van der Waals surface area contributed by atoms with E-state index in [4.69, 9.17) is 28.5 Å². The lowest BCUT2D eigenvalue weighted by Gasteiger charge is -2.28. The summed E-state index contributed by atoms with van der Waals surface area (Å²) in [6.07, 6.45) is 10.6. The fourth-order valence-electron chi connectivity index (χ4n) is 3.26. The van der Waals surface area contributed by atoms with Crippen LogP contribution in [-0.2, 0) is 28.1 Å². The van der Waals surface area contributed by atoms with E-state index < -0.39 is 13.1 Å². The van der Waals surface area contributed by atoms with Gasteiger partial charge in [0, 0.05) is 19.6 Å². The first-order valence-corrected chi connectivity index (χ1v) is 10.2. The monoisotopic (exact) mass is 373 g/mol. The lowest BCUT2D eigenvalue weighted by Crippen LogP contribution is -2.41. The minimum absolute atomic E-state index is 0.135. The zero-order valence-corrected chi connectivity index (χ0v) is 16.0. The maximum atomic E-state index is 11.8. The van der Waals surface area contributed by atoms with Gasteiger partial charge in [0.25, 0.3) is 0 Å². The first-order chi connectivity index (χ1) is 12.7. The summed E-state index contributed by atoms with van der Waals surface area (Å²) in [6, 6.07) is 0. The van der Waals surface area contributed by atoms with Gasteiger partial charge in [-0.15, -0.1) is 0 Å². The number of ether oxygens (including phenoxy) is 1. The van der Waals surface area contributed by atoms with Crippen molar-refractivity contribution in [3.05, 3.63) is 0 Å². The minimum atomic E-state index is -2.24. The van der Waals surface area contributed by atoms with Crippen LogP contribution < -0.4 is 0 Å². The number of carbonyl (C=O) groups excluding carboxylic acids is 1. The van der Waals surface area contributed by atoms with Crippen molar-refractivity contribution in [1.82, 2.24) is 0 Å². The smallest absolute Gasteiger partial charge is 0.517 e. The molecule has 0 bridgehead atoms. The molecule has 2 saturated heterocycles. The predicted octanol–water partition coefficient (Wildman–Crippen LogP) is 2.71. The van der Waals surface area contributed by atoms with E-state index in [9.17, 15) is 4.79 Å². The van der Waals surface area contributed by atoms with Gasteiger partial charge in [0.2, 0.25) is 0 Å². The summed E-state index contributed by atoms with van der Waals surface area (Å²) in [5.74, 6) is -0.202. The third-order valence-electron chi connectivity index (χ3n) is 4.81. The van der Waals surface area contributed by atoms with E-state index in [1.165, 1.54) is 44.9 Å². The number of aliphatic hydroxyl groups is 1. The second-order valence-electron chi connectivity index (χ2n) is 7.20. The van der Waals surface area contributed by atoms with Gasteiger partial charge in [0.15, 0.2) is 0 Å². The van der Waals surface area contributed by atoms with Crippen molar-refractivity contribution in [3.63, 3.8) is 0 Å². The lowest BCUT2D eigenvalue weighted by molar-refractivity contribution is -0.146. The third kappa shape index (κ3) is 7.52. The molecule has 3 atom stereocenters. The fourth-order valence-corrected chi connectivity index (χ4v) is 3.26. The topological polar surface area (TPSA) is 83.5 Å². The van der Waals surface area contributed by atoms with Gasteiger partial charge in [-0.1, -0.05) is 58.3 Å². The molecule has 26 heavy (non-hydrogen) atoms. The highest BCUT2D eigenvalue weighted by Crippen LogP contribution is 2.28.